The van der Waals surface area contributed by atoms with Crippen molar-refractivity contribution in [3.8, 4) is 6.07 Å². The third-order valence-corrected chi connectivity index (χ3v) is 2.93. The minimum absolute atomic E-state index is 0.132. The summed E-state index contributed by atoms with van der Waals surface area (Å²) in [5.41, 5.74) is 0.826. The SMILES string of the molecule is Cc1cccc(C(=O)C(C#N)=Cc2cccc(F)c2F)c1. The van der Waals surface area contributed by atoms with E-state index < -0.39 is 17.4 Å². The molecule has 0 aliphatic carbocycles. The van der Waals surface area contributed by atoms with Crippen LogP contribution < -0.4 is 0 Å². The maximum absolute atomic E-state index is 13.6. The van der Waals surface area contributed by atoms with E-state index >= 15 is 0 Å². The summed E-state index contributed by atoms with van der Waals surface area (Å²) >= 11 is 0. The molecular weight excluding hydrogens is 272 g/mol. The molecule has 0 radical (unpaired) electrons. The Hall–Kier alpha value is -2.80. The Morgan fingerprint density at radius 2 is 1.90 bits per heavy atom. The molecule has 2 nitrogen and oxygen atoms in total. The van der Waals surface area contributed by atoms with Crippen LogP contribution in [0.1, 0.15) is 21.5 Å². The number of nitriles is 1. The number of allylic oxidation sites excluding steroid dienone is 1. The predicted molar refractivity (Wildman–Crippen MR) is 75.5 cm³/mol. The number of benzene rings is 2. The molecule has 0 amide bonds. The van der Waals surface area contributed by atoms with Crippen molar-refractivity contribution in [2.75, 3.05) is 0 Å². The van der Waals surface area contributed by atoms with Gasteiger partial charge in [0, 0.05) is 11.1 Å². The van der Waals surface area contributed by atoms with E-state index in [9.17, 15) is 13.6 Å². The highest BCUT2D eigenvalue weighted by atomic mass is 19.2. The van der Waals surface area contributed by atoms with E-state index in [1.807, 2.05) is 13.0 Å². The lowest BCUT2D eigenvalue weighted by molar-refractivity contribution is 0.104. The third-order valence-electron chi connectivity index (χ3n) is 2.93. The third kappa shape index (κ3) is 3.21. The number of aryl methyl sites for hydroxylation is 1. The number of ketones is 1. The molecule has 0 saturated heterocycles. The number of rotatable bonds is 3. The van der Waals surface area contributed by atoms with Gasteiger partial charge < -0.3 is 0 Å². The molecule has 0 fully saturated rings. The summed E-state index contributed by atoms with van der Waals surface area (Å²) in [4.78, 5) is 12.2. The molecule has 2 aromatic rings. The van der Waals surface area contributed by atoms with Crippen LogP contribution in [0.3, 0.4) is 0 Å². The first kappa shape index (κ1) is 14.6. The molecule has 0 N–H and O–H groups in total. The highest BCUT2D eigenvalue weighted by Gasteiger charge is 2.14. The number of carbonyl (C=O) groups is 1. The predicted octanol–water partition coefficient (Wildman–Crippen LogP) is 4.06. The van der Waals surface area contributed by atoms with Crippen LogP contribution in [0.25, 0.3) is 6.08 Å². The van der Waals surface area contributed by atoms with Gasteiger partial charge in [-0.05, 0) is 25.1 Å². The first-order valence-corrected chi connectivity index (χ1v) is 6.20. The van der Waals surface area contributed by atoms with Crippen molar-refractivity contribution in [2.24, 2.45) is 0 Å². The topological polar surface area (TPSA) is 40.9 Å². The van der Waals surface area contributed by atoms with Crippen molar-refractivity contribution < 1.29 is 13.6 Å². The molecule has 0 spiro atoms. The van der Waals surface area contributed by atoms with Crippen molar-refractivity contribution >= 4 is 11.9 Å². The number of Topliss-reactive ketones (excluding diaryl/α,β-unsaturated/α-hetero) is 1. The molecule has 2 rings (SSSR count). The van der Waals surface area contributed by atoms with E-state index in [4.69, 9.17) is 5.26 Å². The standard InChI is InChI=1S/C17H11F2NO/c1-11-4-2-6-13(8-11)17(21)14(10-20)9-12-5-3-7-15(18)16(12)19/h2-9H,1H3. The molecule has 0 heterocycles. The maximum Gasteiger partial charge on any atom is 0.203 e. The number of carbonyl (C=O) groups excluding carboxylic acids is 1. The largest absolute Gasteiger partial charge is 0.288 e. The summed E-state index contributed by atoms with van der Waals surface area (Å²) in [6, 6.07) is 12.1. The van der Waals surface area contributed by atoms with E-state index in [0.717, 1.165) is 17.7 Å². The second-order valence-corrected chi connectivity index (χ2v) is 4.51. The van der Waals surface area contributed by atoms with Gasteiger partial charge in [-0.3, -0.25) is 4.79 Å². The Morgan fingerprint density at radius 1 is 1.19 bits per heavy atom. The molecule has 0 aliphatic rings. The zero-order valence-corrected chi connectivity index (χ0v) is 11.2. The minimum atomic E-state index is -1.08. The summed E-state index contributed by atoms with van der Waals surface area (Å²) in [7, 11) is 0. The molecule has 2 aromatic carbocycles. The van der Waals surface area contributed by atoms with Gasteiger partial charge in [0.2, 0.25) is 5.78 Å². The Morgan fingerprint density at radius 3 is 2.57 bits per heavy atom. The van der Waals surface area contributed by atoms with Crippen LogP contribution in [0.4, 0.5) is 8.78 Å². The second-order valence-electron chi connectivity index (χ2n) is 4.51. The van der Waals surface area contributed by atoms with Gasteiger partial charge in [-0.2, -0.15) is 5.26 Å². The molecule has 104 valence electrons. The van der Waals surface area contributed by atoms with Gasteiger partial charge in [0.15, 0.2) is 11.6 Å². The molecule has 0 aliphatic heterocycles. The average molecular weight is 283 g/mol. The summed E-state index contributed by atoms with van der Waals surface area (Å²) in [6.45, 7) is 1.82. The molecule has 0 bridgehead atoms. The van der Waals surface area contributed by atoms with Gasteiger partial charge in [0.05, 0.1) is 0 Å². The normalized spacial score (nSPS) is 11.0. The minimum Gasteiger partial charge on any atom is -0.288 e. The van der Waals surface area contributed by atoms with Crippen LogP contribution in [0.15, 0.2) is 48.0 Å². The fourth-order valence-electron chi connectivity index (χ4n) is 1.88. The van der Waals surface area contributed by atoms with Gasteiger partial charge in [0.25, 0.3) is 0 Å². The molecule has 21 heavy (non-hydrogen) atoms. The lowest BCUT2D eigenvalue weighted by Gasteiger charge is -2.02. The van der Waals surface area contributed by atoms with E-state index in [0.29, 0.717) is 5.56 Å². The van der Waals surface area contributed by atoms with Gasteiger partial charge in [0.1, 0.15) is 11.6 Å². The summed E-state index contributed by atoms with van der Waals surface area (Å²) in [5.74, 6) is -2.63. The van der Waals surface area contributed by atoms with Gasteiger partial charge >= 0.3 is 0 Å². The highest BCUT2D eigenvalue weighted by molar-refractivity contribution is 6.14. The Labute approximate surface area is 121 Å². The van der Waals surface area contributed by atoms with Crippen LogP contribution in [0, 0.1) is 29.9 Å². The zero-order valence-electron chi connectivity index (χ0n) is 11.2. The van der Waals surface area contributed by atoms with E-state index in [2.05, 4.69) is 0 Å². The fourth-order valence-corrected chi connectivity index (χ4v) is 1.88. The highest BCUT2D eigenvalue weighted by Crippen LogP contribution is 2.17. The molecule has 0 atom stereocenters. The van der Waals surface area contributed by atoms with E-state index in [1.54, 1.807) is 24.3 Å². The zero-order chi connectivity index (χ0) is 15.4. The van der Waals surface area contributed by atoms with Crippen molar-refractivity contribution in [3.05, 3.63) is 76.4 Å². The first-order chi connectivity index (χ1) is 10.0. The number of hydrogen-bond donors (Lipinski definition) is 0. The van der Waals surface area contributed by atoms with Crippen LogP contribution >= 0.6 is 0 Å². The van der Waals surface area contributed by atoms with Crippen LogP contribution in [0.2, 0.25) is 0 Å². The summed E-state index contributed by atoms with van der Waals surface area (Å²) in [5, 5.41) is 9.09. The first-order valence-electron chi connectivity index (χ1n) is 6.20. The van der Waals surface area contributed by atoms with Gasteiger partial charge in [-0.1, -0.05) is 35.9 Å². The quantitative estimate of drug-likeness (QED) is 0.484. The molecule has 4 heteroatoms. The molecule has 0 unspecified atom stereocenters. The average Bonchev–Trinajstić information content (AvgIpc) is 2.48. The maximum atomic E-state index is 13.6. The Kier molecular flexibility index (Phi) is 4.24. The van der Waals surface area contributed by atoms with Crippen LogP contribution in [-0.2, 0) is 0 Å². The number of halogens is 2. The monoisotopic (exact) mass is 283 g/mol. The lowest BCUT2D eigenvalue weighted by Crippen LogP contribution is -2.02. The van der Waals surface area contributed by atoms with E-state index in [-0.39, 0.29) is 11.1 Å². The van der Waals surface area contributed by atoms with E-state index in [1.165, 1.54) is 12.1 Å². The van der Waals surface area contributed by atoms with Crippen molar-refractivity contribution in [2.45, 2.75) is 6.92 Å². The smallest absolute Gasteiger partial charge is 0.203 e. The molecular formula is C17H11F2NO. The Balaban J connectivity index is 2.45. The van der Waals surface area contributed by atoms with Crippen LogP contribution in [0.5, 0.6) is 0 Å². The fraction of sp³-hybridized carbons (Fsp3) is 0.0588. The van der Waals surface area contributed by atoms with Gasteiger partial charge in [-0.25, -0.2) is 8.78 Å². The Bertz CT molecular complexity index is 773. The summed E-state index contributed by atoms with van der Waals surface area (Å²) < 4.78 is 26.7. The lowest BCUT2D eigenvalue weighted by atomic mass is 10.0. The molecule has 0 aromatic heterocycles. The number of nitrogens with zero attached hydrogens (tertiary/aromatic N) is 1. The second kappa shape index (κ2) is 6.10. The van der Waals surface area contributed by atoms with Crippen molar-refractivity contribution in [3.63, 3.8) is 0 Å². The van der Waals surface area contributed by atoms with Crippen molar-refractivity contribution in [1.82, 2.24) is 0 Å². The number of hydrogen-bond acceptors (Lipinski definition) is 2. The summed E-state index contributed by atoms with van der Waals surface area (Å²) in [6.07, 6.45) is 1.06. The van der Waals surface area contributed by atoms with Crippen molar-refractivity contribution in [1.29, 1.82) is 5.26 Å². The van der Waals surface area contributed by atoms with Gasteiger partial charge in [-0.15, -0.1) is 0 Å². The van der Waals surface area contributed by atoms with Crippen LogP contribution in [-0.4, -0.2) is 5.78 Å². The molecule has 0 saturated carbocycles.